The fourth-order valence-corrected chi connectivity index (χ4v) is 4.61. The molecule has 0 saturated heterocycles. The number of hydrogen-bond donors (Lipinski definition) is 2. The van der Waals surface area contributed by atoms with Crippen LogP contribution in [0.5, 0.6) is 0 Å². The second-order valence-electron chi connectivity index (χ2n) is 8.01. The van der Waals surface area contributed by atoms with E-state index in [2.05, 4.69) is 10.3 Å². The van der Waals surface area contributed by atoms with E-state index in [0.717, 1.165) is 35.3 Å². The molecule has 2 saturated carbocycles. The number of carbonyl (C=O) groups excluding carboxylic acids is 1. The predicted molar refractivity (Wildman–Crippen MR) is 102 cm³/mol. The molecule has 2 aromatic rings. The van der Waals surface area contributed by atoms with Gasteiger partial charge in [-0.2, -0.15) is 0 Å². The molecule has 0 aliphatic heterocycles. The molecule has 3 N–H and O–H groups in total. The number of hydrogen-bond acceptors (Lipinski definition) is 4. The van der Waals surface area contributed by atoms with Crippen LogP contribution in [0.2, 0.25) is 0 Å². The first-order valence-corrected chi connectivity index (χ1v) is 9.61. The lowest BCUT2D eigenvalue weighted by atomic mass is 9.65. The molecule has 1 amide bonds. The van der Waals surface area contributed by atoms with Crippen molar-refractivity contribution >= 4 is 11.6 Å². The van der Waals surface area contributed by atoms with Crippen molar-refractivity contribution in [2.24, 2.45) is 23.5 Å². The Kier molecular flexibility index (Phi) is 4.57. The van der Waals surface area contributed by atoms with Crippen molar-refractivity contribution in [3.05, 3.63) is 35.7 Å². The number of fused-ring (bicyclic) bond motifs is 2. The molecule has 5 heteroatoms. The predicted octanol–water partition coefficient (Wildman–Crippen LogP) is 4.05. The minimum Gasteiger partial charge on any atom is -0.444 e. The molecule has 1 heterocycles. The maximum absolute atomic E-state index is 12.9. The molecular formula is C21H27N3O2. The molecule has 2 atom stereocenters. The van der Waals surface area contributed by atoms with Crippen molar-refractivity contribution in [2.75, 3.05) is 5.32 Å². The van der Waals surface area contributed by atoms with Gasteiger partial charge in [-0.25, -0.2) is 4.98 Å². The smallest absolute Gasteiger partial charge is 0.227 e. The van der Waals surface area contributed by atoms with E-state index in [1.807, 2.05) is 32.0 Å². The summed E-state index contributed by atoms with van der Waals surface area (Å²) in [7, 11) is 0. The van der Waals surface area contributed by atoms with E-state index in [4.69, 9.17) is 10.2 Å². The van der Waals surface area contributed by atoms with Gasteiger partial charge in [0, 0.05) is 23.2 Å². The Balaban J connectivity index is 1.51. The van der Waals surface area contributed by atoms with Gasteiger partial charge in [0.05, 0.1) is 5.69 Å². The number of aryl methyl sites for hydroxylation is 2. The molecule has 2 fully saturated rings. The van der Waals surface area contributed by atoms with E-state index in [0.29, 0.717) is 17.7 Å². The van der Waals surface area contributed by atoms with Crippen LogP contribution in [0.1, 0.15) is 43.4 Å². The average Bonchev–Trinajstić information content (AvgIpc) is 3.03. The number of nitrogens with one attached hydrogen (secondary N) is 1. The number of carbonyl (C=O) groups is 1. The zero-order valence-corrected chi connectivity index (χ0v) is 15.5. The number of amides is 1. The van der Waals surface area contributed by atoms with Gasteiger partial charge in [-0.15, -0.1) is 0 Å². The third-order valence-corrected chi connectivity index (χ3v) is 6.15. The molecule has 2 aliphatic carbocycles. The van der Waals surface area contributed by atoms with Crippen LogP contribution in [0.15, 0.2) is 28.9 Å². The Labute approximate surface area is 154 Å². The molecule has 138 valence electrons. The Morgan fingerprint density at radius 3 is 2.62 bits per heavy atom. The minimum atomic E-state index is 0.0668. The second kappa shape index (κ2) is 6.88. The molecule has 2 unspecified atom stereocenters. The summed E-state index contributed by atoms with van der Waals surface area (Å²) in [6, 6.07) is 6.20. The highest BCUT2D eigenvalue weighted by molar-refractivity contribution is 5.94. The van der Waals surface area contributed by atoms with Crippen LogP contribution in [0.3, 0.4) is 0 Å². The summed E-state index contributed by atoms with van der Waals surface area (Å²) < 4.78 is 5.49. The fourth-order valence-electron chi connectivity index (χ4n) is 4.61. The Morgan fingerprint density at radius 2 is 1.96 bits per heavy atom. The molecule has 5 nitrogen and oxygen atoms in total. The minimum absolute atomic E-state index is 0.0668. The normalized spacial score (nSPS) is 28.0. The molecule has 26 heavy (non-hydrogen) atoms. The van der Waals surface area contributed by atoms with Crippen molar-refractivity contribution in [3.8, 4) is 11.5 Å². The highest BCUT2D eigenvalue weighted by Crippen LogP contribution is 2.42. The first kappa shape index (κ1) is 17.3. The van der Waals surface area contributed by atoms with E-state index >= 15 is 0 Å². The van der Waals surface area contributed by atoms with Gasteiger partial charge in [0.1, 0.15) is 6.26 Å². The van der Waals surface area contributed by atoms with Gasteiger partial charge >= 0.3 is 0 Å². The van der Waals surface area contributed by atoms with Crippen LogP contribution < -0.4 is 11.1 Å². The van der Waals surface area contributed by atoms with Gasteiger partial charge in [-0.05, 0) is 69.1 Å². The average molecular weight is 353 g/mol. The number of rotatable bonds is 3. The van der Waals surface area contributed by atoms with Gasteiger partial charge in [-0.3, -0.25) is 4.79 Å². The van der Waals surface area contributed by atoms with Crippen molar-refractivity contribution in [2.45, 2.75) is 52.0 Å². The van der Waals surface area contributed by atoms with Crippen LogP contribution >= 0.6 is 0 Å². The first-order chi connectivity index (χ1) is 12.5. The highest BCUT2D eigenvalue weighted by Gasteiger charge is 2.40. The van der Waals surface area contributed by atoms with Gasteiger partial charge in [0.25, 0.3) is 0 Å². The summed E-state index contributed by atoms with van der Waals surface area (Å²) in [4.78, 5) is 17.3. The maximum atomic E-state index is 12.9. The quantitative estimate of drug-likeness (QED) is 0.872. The van der Waals surface area contributed by atoms with Crippen molar-refractivity contribution < 1.29 is 9.21 Å². The van der Waals surface area contributed by atoms with Crippen LogP contribution in [-0.4, -0.2) is 16.9 Å². The topological polar surface area (TPSA) is 81.2 Å². The van der Waals surface area contributed by atoms with E-state index < -0.39 is 0 Å². The summed E-state index contributed by atoms with van der Waals surface area (Å²) in [6.07, 6.45) is 7.06. The number of oxazole rings is 1. The molecule has 1 aromatic heterocycles. The number of nitrogens with zero attached hydrogens (tertiary/aromatic N) is 1. The molecule has 0 spiro atoms. The molecular weight excluding hydrogens is 326 g/mol. The summed E-state index contributed by atoms with van der Waals surface area (Å²) in [5.41, 5.74) is 9.96. The second-order valence-corrected chi connectivity index (χ2v) is 8.01. The maximum Gasteiger partial charge on any atom is 0.227 e. The zero-order valence-electron chi connectivity index (χ0n) is 15.5. The van der Waals surface area contributed by atoms with Gasteiger partial charge in [-0.1, -0.05) is 12.5 Å². The third kappa shape index (κ3) is 3.28. The summed E-state index contributed by atoms with van der Waals surface area (Å²) in [5.74, 6) is 1.77. The molecule has 2 aliphatic rings. The van der Waals surface area contributed by atoms with Gasteiger partial charge in [0.2, 0.25) is 11.8 Å². The van der Waals surface area contributed by atoms with Crippen LogP contribution in [0.4, 0.5) is 5.69 Å². The number of nitrogens with two attached hydrogens (primary N) is 1. The summed E-state index contributed by atoms with van der Waals surface area (Å²) in [6.45, 7) is 3.90. The van der Waals surface area contributed by atoms with Crippen molar-refractivity contribution in [1.29, 1.82) is 0 Å². The largest absolute Gasteiger partial charge is 0.444 e. The van der Waals surface area contributed by atoms with E-state index in [1.54, 1.807) is 6.26 Å². The number of aromatic nitrogens is 1. The lowest BCUT2D eigenvalue weighted by Gasteiger charge is -2.43. The number of anilines is 1. The standard InChI is InChI=1S/C21H27N3O2/c1-12-6-7-16(21-23-13(2)11-26-21)10-18(12)24-20(25)17-8-14-4-3-5-15(9-17)19(14)22/h6-7,10-11,14-15,17,19H,3-5,8-9,22H2,1-2H3,(H,24,25). The SMILES string of the molecule is Cc1coc(-c2ccc(C)c(NC(=O)C3CC4CCCC(C3)C4N)c2)n1. The van der Waals surface area contributed by atoms with E-state index in [-0.39, 0.29) is 17.9 Å². The van der Waals surface area contributed by atoms with E-state index in [9.17, 15) is 4.79 Å². The van der Waals surface area contributed by atoms with Crippen LogP contribution in [0, 0.1) is 31.6 Å². The van der Waals surface area contributed by atoms with Crippen molar-refractivity contribution in [1.82, 2.24) is 4.98 Å². The Morgan fingerprint density at radius 1 is 1.23 bits per heavy atom. The molecule has 1 aromatic carbocycles. The Bertz CT molecular complexity index is 799. The summed E-state index contributed by atoms with van der Waals surface area (Å²) in [5, 5.41) is 3.15. The van der Waals surface area contributed by atoms with Crippen molar-refractivity contribution in [3.63, 3.8) is 0 Å². The lowest BCUT2D eigenvalue weighted by Crippen LogP contribution is -2.48. The molecule has 2 bridgehead atoms. The highest BCUT2D eigenvalue weighted by atomic mass is 16.3. The first-order valence-electron chi connectivity index (χ1n) is 9.61. The Hall–Kier alpha value is -2.14. The van der Waals surface area contributed by atoms with Crippen LogP contribution in [-0.2, 0) is 4.79 Å². The lowest BCUT2D eigenvalue weighted by molar-refractivity contribution is -0.122. The third-order valence-electron chi connectivity index (χ3n) is 6.15. The number of benzene rings is 1. The monoisotopic (exact) mass is 353 g/mol. The van der Waals surface area contributed by atoms with Gasteiger partial charge < -0.3 is 15.5 Å². The van der Waals surface area contributed by atoms with Crippen LogP contribution in [0.25, 0.3) is 11.5 Å². The summed E-state index contributed by atoms with van der Waals surface area (Å²) >= 11 is 0. The van der Waals surface area contributed by atoms with Gasteiger partial charge in [0.15, 0.2) is 0 Å². The van der Waals surface area contributed by atoms with E-state index in [1.165, 1.54) is 19.3 Å². The molecule has 4 rings (SSSR count). The zero-order chi connectivity index (χ0) is 18.3. The fraction of sp³-hybridized carbons (Fsp3) is 0.524. The molecule has 0 radical (unpaired) electrons.